The third kappa shape index (κ3) is 6.84. The Balaban J connectivity index is 1.17. The number of urea groups is 1. The van der Waals surface area contributed by atoms with Gasteiger partial charge in [0.2, 0.25) is 0 Å². The molecule has 3 aliphatic heterocycles. The van der Waals surface area contributed by atoms with Crippen molar-refractivity contribution in [2.45, 2.75) is 38.2 Å². The molecular weight excluding hydrogens is 730 g/mol. The molecule has 0 unspecified atom stereocenters. The number of imide groups is 2. The first kappa shape index (κ1) is 34.4. The second kappa shape index (κ2) is 14.8. The van der Waals surface area contributed by atoms with Gasteiger partial charge in [-0.2, -0.15) is 0 Å². The van der Waals surface area contributed by atoms with Gasteiger partial charge in [0.05, 0.1) is 12.3 Å². The molecule has 9 heteroatoms. The molecule has 0 bridgehead atoms. The summed E-state index contributed by atoms with van der Waals surface area (Å²) in [5.74, 6) is -0.262. The monoisotopic (exact) mass is 767 g/mol. The van der Waals surface area contributed by atoms with Gasteiger partial charge < -0.3 is 14.4 Å². The van der Waals surface area contributed by atoms with Gasteiger partial charge in [-0.15, -0.1) is 0 Å². The van der Waals surface area contributed by atoms with Crippen LogP contribution in [-0.2, 0) is 16.2 Å². The van der Waals surface area contributed by atoms with Crippen LogP contribution < -0.4 is 24.6 Å². The zero-order chi connectivity index (χ0) is 36.5. The number of halogens is 1. The maximum atomic E-state index is 14.4. The highest BCUT2D eigenvalue weighted by atomic mass is 79.9. The van der Waals surface area contributed by atoms with Crippen molar-refractivity contribution in [2.24, 2.45) is 0 Å². The van der Waals surface area contributed by atoms with Crippen LogP contribution >= 0.6 is 15.9 Å². The van der Waals surface area contributed by atoms with E-state index in [2.05, 4.69) is 50.4 Å². The molecule has 5 aromatic carbocycles. The smallest absolute Gasteiger partial charge is 0.335 e. The van der Waals surface area contributed by atoms with Crippen molar-refractivity contribution in [2.75, 3.05) is 29.5 Å². The van der Waals surface area contributed by atoms with E-state index in [4.69, 9.17) is 9.47 Å². The van der Waals surface area contributed by atoms with E-state index in [1.165, 1.54) is 22.9 Å². The molecule has 53 heavy (non-hydrogen) atoms. The number of anilines is 2. The summed E-state index contributed by atoms with van der Waals surface area (Å²) >= 11 is 3.46. The number of hydrogen-bond donors (Lipinski definition) is 1. The van der Waals surface area contributed by atoms with E-state index < -0.39 is 17.8 Å². The average molecular weight is 769 g/mol. The lowest BCUT2D eigenvalue weighted by Gasteiger charge is -2.44. The van der Waals surface area contributed by atoms with Gasteiger partial charge in [-0.1, -0.05) is 94.8 Å². The molecule has 3 heterocycles. The van der Waals surface area contributed by atoms with Crippen molar-refractivity contribution in [3.8, 4) is 11.5 Å². The summed E-state index contributed by atoms with van der Waals surface area (Å²) in [6.07, 6.45) is 3.32. The third-order valence-corrected chi connectivity index (χ3v) is 10.8. The van der Waals surface area contributed by atoms with Crippen LogP contribution in [0.3, 0.4) is 0 Å². The predicted octanol–water partition coefficient (Wildman–Crippen LogP) is 8.97. The Morgan fingerprint density at radius 1 is 0.755 bits per heavy atom. The van der Waals surface area contributed by atoms with Crippen LogP contribution in [0.2, 0.25) is 0 Å². The molecule has 2 atom stereocenters. The fraction of sp³-hybridized carbons (Fsp3) is 0.205. The van der Waals surface area contributed by atoms with E-state index >= 15 is 0 Å². The molecule has 0 aromatic heterocycles. The molecule has 1 saturated heterocycles. The molecule has 1 N–H and O–H groups in total. The van der Waals surface area contributed by atoms with Crippen LogP contribution in [0.4, 0.5) is 16.2 Å². The molecule has 0 radical (unpaired) electrons. The summed E-state index contributed by atoms with van der Waals surface area (Å²) in [4.78, 5) is 44.9. The fourth-order valence-corrected chi connectivity index (χ4v) is 8.04. The summed E-state index contributed by atoms with van der Waals surface area (Å²) in [5, 5.41) is 2.44. The SMILES string of the molecule is CCOc1cc(/C=C2\C(=O)NC(=O)N(c3cc4c5c(c3)[C@@H](c3ccccc3)CCN5CC[C@@H]4c3ccccc3)C2=O)ccc1OCc1ccc(Br)cc1. The number of benzene rings is 5. The quantitative estimate of drug-likeness (QED) is 0.119. The highest BCUT2D eigenvalue weighted by molar-refractivity contribution is 9.10. The minimum atomic E-state index is -0.771. The molecule has 8 rings (SSSR count). The third-order valence-electron chi connectivity index (χ3n) is 10.2. The minimum absolute atomic E-state index is 0.0803. The molecular formula is C44H38BrN3O5. The molecule has 5 aromatic rings. The van der Waals surface area contributed by atoms with Crippen LogP contribution in [0.1, 0.15) is 65.0 Å². The first-order chi connectivity index (χ1) is 25.9. The Bertz CT molecular complexity index is 2150. The number of amides is 4. The maximum absolute atomic E-state index is 14.4. The molecule has 3 aliphatic rings. The average Bonchev–Trinajstić information content (AvgIpc) is 3.18. The topological polar surface area (TPSA) is 88.2 Å². The number of rotatable bonds is 9. The van der Waals surface area contributed by atoms with Gasteiger partial charge in [-0.3, -0.25) is 14.9 Å². The highest BCUT2D eigenvalue weighted by Crippen LogP contribution is 2.50. The van der Waals surface area contributed by atoms with Crippen molar-refractivity contribution in [1.29, 1.82) is 0 Å². The number of ether oxygens (including phenoxy) is 2. The minimum Gasteiger partial charge on any atom is -0.490 e. The molecule has 4 amide bonds. The van der Waals surface area contributed by atoms with Crippen LogP contribution in [0.15, 0.2) is 125 Å². The van der Waals surface area contributed by atoms with Gasteiger partial charge in [0.15, 0.2) is 11.5 Å². The summed E-state index contributed by atoms with van der Waals surface area (Å²) < 4.78 is 13.0. The Kier molecular flexibility index (Phi) is 9.58. The molecule has 266 valence electrons. The number of barbiturate groups is 1. The second-order valence-electron chi connectivity index (χ2n) is 13.5. The van der Waals surface area contributed by atoms with Crippen LogP contribution in [0.25, 0.3) is 6.08 Å². The summed E-state index contributed by atoms with van der Waals surface area (Å²) in [7, 11) is 0. The molecule has 0 saturated carbocycles. The van der Waals surface area contributed by atoms with Crippen molar-refractivity contribution in [3.05, 3.63) is 159 Å². The Labute approximate surface area is 317 Å². The first-order valence-corrected chi connectivity index (χ1v) is 18.8. The summed E-state index contributed by atoms with van der Waals surface area (Å²) in [5.41, 5.74) is 7.56. The van der Waals surface area contributed by atoms with Crippen molar-refractivity contribution in [3.63, 3.8) is 0 Å². The normalized spacial score (nSPS) is 18.8. The zero-order valence-electron chi connectivity index (χ0n) is 29.3. The number of carbonyl (C=O) groups excluding carboxylic acids is 3. The van der Waals surface area contributed by atoms with Crippen molar-refractivity contribution < 1.29 is 23.9 Å². The number of hydrogen-bond acceptors (Lipinski definition) is 6. The lowest BCUT2D eigenvalue weighted by Crippen LogP contribution is -2.54. The lowest BCUT2D eigenvalue weighted by molar-refractivity contribution is -0.122. The Hall–Kier alpha value is -5.67. The van der Waals surface area contributed by atoms with Crippen LogP contribution in [-0.4, -0.2) is 37.5 Å². The predicted molar refractivity (Wildman–Crippen MR) is 210 cm³/mol. The maximum Gasteiger partial charge on any atom is 0.335 e. The molecule has 1 fully saturated rings. The standard InChI is InChI=1S/C44H38BrN3O5/c1-2-52-40-24-29(15-18-39(40)53-27-28-13-16-32(45)17-14-28)23-38-42(49)46-44(51)48(43(38)50)33-25-36-34(30-9-5-3-6-10-30)19-21-47-22-20-35(37(26-33)41(36)47)31-11-7-4-8-12-31/h3-18,23-26,34-35H,2,19-22,27H2,1H3,(H,46,49,51)/b38-23+/t34-,35-/m1/s1. The van der Waals surface area contributed by atoms with Crippen LogP contribution in [0, 0.1) is 0 Å². The van der Waals surface area contributed by atoms with Crippen LogP contribution in [0.5, 0.6) is 11.5 Å². The number of nitrogens with zero attached hydrogens (tertiary/aromatic N) is 2. The lowest BCUT2D eigenvalue weighted by atomic mass is 9.76. The van der Waals surface area contributed by atoms with Gasteiger partial charge in [0, 0.05) is 35.1 Å². The zero-order valence-corrected chi connectivity index (χ0v) is 30.8. The molecule has 0 aliphatic carbocycles. The van der Waals surface area contributed by atoms with Gasteiger partial charge in [-0.05, 0) is 95.6 Å². The largest absolute Gasteiger partial charge is 0.490 e. The molecule has 8 nitrogen and oxygen atoms in total. The first-order valence-electron chi connectivity index (χ1n) is 18.0. The van der Waals surface area contributed by atoms with E-state index in [0.29, 0.717) is 36.0 Å². The molecule has 0 spiro atoms. The van der Waals surface area contributed by atoms with Crippen molar-refractivity contribution >= 4 is 51.2 Å². The van der Waals surface area contributed by atoms with E-state index in [0.717, 1.165) is 52.0 Å². The summed E-state index contributed by atoms with van der Waals surface area (Å²) in [6.45, 7) is 4.44. The van der Waals surface area contributed by atoms with Gasteiger partial charge in [-0.25, -0.2) is 9.69 Å². The Morgan fingerprint density at radius 2 is 1.38 bits per heavy atom. The highest BCUT2D eigenvalue weighted by Gasteiger charge is 2.40. The Morgan fingerprint density at radius 3 is 1.98 bits per heavy atom. The van der Waals surface area contributed by atoms with Crippen molar-refractivity contribution in [1.82, 2.24) is 5.32 Å². The summed E-state index contributed by atoms with van der Waals surface area (Å²) in [6, 6.07) is 37.1. The fourth-order valence-electron chi connectivity index (χ4n) is 7.77. The van der Waals surface area contributed by atoms with E-state index in [9.17, 15) is 14.4 Å². The number of nitrogens with one attached hydrogen (secondary N) is 1. The van der Waals surface area contributed by atoms with E-state index in [-0.39, 0.29) is 17.4 Å². The van der Waals surface area contributed by atoms with Gasteiger partial charge >= 0.3 is 6.03 Å². The van der Waals surface area contributed by atoms with Gasteiger partial charge in [0.25, 0.3) is 11.8 Å². The van der Waals surface area contributed by atoms with E-state index in [1.54, 1.807) is 18.2 Å². The number of carbonyl (C=O) groups is 3. The van der Waals surface area contributed by atoms with Gasteiger partial charge in [0.1, 0.15) is 12.2 Å². The second-order valence-corrected chi connectivity index (χ2v) is 14.4. The van der Waals surface area contributed by atoms with E-state index in [1.807, 2.05) is 79.7 Å².